The zero-order valence-corrected chi connectivity index (χ0v) is 12.2. The molecule has 0 radical (unpaired) electrons. The summed E-state index contributed by atoms with van der Waals surface area (Å²) in [5.74, 6) is -0.752. The lowest BCUT2D eigenvalue weighted by Gasteiger charge is -2.21. The largest absolute Gasteiger partial charge is 0.465 e. The molecule has 1 fully saturated rings. The van der Waals surface area contributed by atoms with Gasteiger partial charge in [-0.15, -0.1) is 0 Å². The molecule has 0 aromatic rings. The van der Waals surface area contributed by atoms with Crippen LogP contribution in [-0.2, 0) is 19.1 Å². The number of hydrogen-bond acceptors (Lipinski definition) is 4. The van der Waals surface area contributed by atoms with E-state index in [-0.39, 0.29) is 5.91 Å². The Kier molecular flexibility index (Phi) is 6.84. The van der Waals surface area contributed by atoms with Gasteiger partial charge in [-0.2, -0.15) is 0 Å². The van der Waals surface area contributed by atoms with Crippen molar-refractivity contribution >= 4 is 11.9 Å². The molecule has 1 saturated heterocycles. The fourth-order valence-electron chi connectivity index (χ4n) is 2.36. The van der Waals surface area contributed by atoms with Crippen molar-refractivity contribution in [1.82, 2.24) is 4.90 Å². The molecule has 2 unspecified atom stereocenters. The van der Waals surface area contributed by atoms with Crippen molar-refractivity contribution in [3.8, 4) is 0 Å². The Bertz CT molecular complexity index is 306. The first-order chi connectivity index (χ1) is 9.13. The van der Waals surface area contributed by atoms with Gasteiger partial charge in [-0.3, -0.25) is 9.59 Å². The van der Waals surface area contributed by atoms with E-state index < -0.39 is 11.9 Å². The van der Waals surface area contributed by atoms with Crippen LogP contribution in [0.15, 0.2) is 0 Å². The molecule has 5 heteroatoms. The van der Waals surface area contributed by atoms with Gasteiger partial charge in [0.1, 0.15) is 5.92 Å². The summed E-state index contributed by atoms with van der Waals surface area (Å²) in [6.07, 6.45) is 1.44. The first kappa shape index (κ1) is 16.0. The third-order valence-electron chi connectivity index (χ3n) is 3.43. The van der Waals surface area contributed by atoms with E-state index in [1.807, 2.05) is 13.8 Å². The van der Waals surface area contributed by atoms with E-state index in [2.05, 4.69) is 0 Å². The molecule has 2 atom stereocenters. The van der Waals surface area contributed by atoms with Gasteiger partial charge in [0.05, 0.1) is 13.2 Å². The van der Waals surface area contributed by atoms with Crippen LogP contribution in [0, 0.1) is 11.8 Å². The van der Waals surface area contributed by atoms with Gasteiger partial charge in [-0.05, 0) is 26.7 Å². The number of carbonyl (C=O) groups is 2. The first-order valence-electron chi connectivity index (χ1n) is 7.17. The molecule has 1 amide bonds. The molecule has 0 aliphatic carbocycles. The van der Waals surface area contributed by atoms with Crippen LogP contribution >= 0.6 is 0 Å². The van der Waals surface area contributed by atoms with Crippen LogP contribution in [0.25, 0.3) is 0 Å². The first-order valence-corrected chi connectivity index (χ1v) is 7.17. The lowest BCUT2D eigenvalue weighted by molar-refractivity contribution is -0.155. The van der Waals surface area contributed by atoms with Gasteiger partial charge in [-0.1, -0.05) is 6.92 Å². The number of hydrogen-bond donors (Lipinski definition) is 0. The average molecular weight is 271 g/mol. The van der Waals surface area contributed by atoms with Crippen molar-refractivity contribution in [2.45, 2.75) is 33.6 Å². The number of rotatable bonds is 7. The van der Waals surface area contributed by atoms with Gasteiger partial charge in [0.2, 0.25) is 5.91 Å². The van der Waals surface area contributed by atoms with Crippen LogP contribution in [0.1, 0.15) is 33.6 Å². The zero-order chi connectivity index (χ0) is 14.3. The van der Waals surface area contributed by atoms with Crippen molar-refractivity contribution in [2.75, 3.05) is 32.9 Å². The second kappa shape index (κ2) is 8.15. The number of carbonyl (C=O) groups excluding carboxylic acids is 2. The maximum atomic E-state index is 12.3. The lowest BCUT2D eigenvalue weighted by atomic mass is 10.1. The molecule has 19 heavy (non-hydrogen) atoms. The highest BCUT2D eigenvalue weighted by atomic mass is 16.5. The molecule has 1 heterocycles. The van der Waals surface area contributed by atoms with E-state index in [9.17, 15) is 9.59 Å². The minimum absolute atomic E-state index is 0.0973. The van der Waals surface area contributed by atoms with Crippen LogP contribution in [0.4, 0.5) is 0 Å². The number of nitrogens with zero attached hydrogens (tertiary/aromatic N) is 1. The second-order valence-electron chi connectivity index (χ2n) is 4.81. The normalized spacial score (nSPS) is 20.4. The fourth-order valence-corrected chi connectivity index (χ4v) is 2.36. The molecular formula is C14H25NO4. The van der Waals surface area contributed by atoms with Crippen LogP contribution < -0.4 is 0 Å². The molecule has 1 aliphatic rings. The van der Waals surface area contributed by atoms with Crippen molar-refractivity contribution in [2.24, 2.45) is 11.8 Å². The third kappa shape index (κ3) is 4.49. The number of esters is 1. The molecule has 1 aliphatic heterocycles. The molecule has 110 valence electrons. The van der Waals surface area contributed by atoms with Crippen LogP contribution in [0.3, 0.4) is 0 Å². The topological polar surface area (TPSA) is 55.8 Å². The summed E-state index contributed by atoms with van der Waals surface area (Å²) in [7, 11) is 0. The third-order valence-corrected chi connectivity index (χ3v) is 3.43. The van der Waals surface area contributed by atoms with E-state index in [4.69, 9.17) is 9.47 Å². The van der Waals surface area contributed by atoms with E-state index in [0.29, 0.717) is 45.2 Å². The summed E-state index contributed by atoms with van der Waals surface area (Å²) in [4.78, 5) is 25.8. The highest BCUT2D eigenvalue weighted by Crippen LogP contribution is 2.20. The minimum Gasteiger partial charge on any atom is -0.465 e. The molecule has 0 N–H and O–H groups in total. The molecular weight excluding hydrogens is 246 g/mol. The molecule has 0 aromatic heterocycles. The summed E-state index contributed by atoms with van der Waals surface area (Å²) < 4.78 is 10.3. The SMILES string of the molecule is CCOCC1CCN(C(=O)C(CC)C(=O)OCC)C1. The molecule has 1 rings (SSSR count). The maximum Gasteiger partial charge on any atom is 0.318 e. The fraction of sp³-hybridized carbons (Fsp3) is 0.857. The maximum absolute atomic E-state index is 12.3. The Morgan fingerprint density at radius 2 is 2.00 bits per heavy atom. The number of amides is 1. The molecule has 0 spiro atoms. The Morgan fingerprint density at radius 1 is 1.26 bits per heavy atom. The summed E-state index contributed by atoms with van der Waals surface area (Å²) in [6.45, 7) is 8.67. The summed E-state index contributed by atoms with van der Waals surface area (Å²) >= 11 is 0. The molecule has 0 aromatic carbocycles. The monoisotopic (exact) mass is 271 g/mol. The van der Waals surface area contributed by atoms with Gasteiger partial charge >= 0.3 is 5.97 Å². The van der Waals surface area contributed by atoms with Gasteiger partial charge in [-0.25, -0.2) is 0 Å². The van der Waals surface area contributed by atoms with E-state index >= 15 is 0 Å². The molecule has 5 nitrogen and oxygen atoms in total. The summed E-state index contributed by atoms with van der Waals surface area (Å²) in [5, 5.41) is 0. The quantitative estimate of drug-likeness (QED) is 0.519. The predicted molar refractivity (Wildman–Crippen MR) is 71.6 cm³/mol. The van der Waals surface area contributed by atoms with Gasteiger partial charge in [0.15, 0.2) is 0 Å². The van der Waals surface area contributed by atoms with E-state index in [1.165, 1.54) is 0 Å². The van der Waals surface area contributed by atoms with Crippen molar-refractivity contribution in [3.05, 3.63) is 0 Å². The standard InChI is InChI=1S/C14H25NO4/c1-4-12(14(17)19-6-3)13(16)15-8-7-11(9-15)10-18-5-2/h11-12H,4-10H2,1-3H3. The van der Waals surface area contributed by atoms with Gasteiger partial charge in [0.25, 0.3) is 0 Å². The van der Waals surface area contributed by atoms with Crippen molar-refractivity contribution < 1.29 is 19.1 Å². The average Bonchev–Trinajstić information content (AvgIpc) is 2.86. The van der Waals surface area contributed by atoms with Gasteiger partial charge in [0, 0.05) is 25.6 Å². The summed E-state index contributed by atoms with van der Waals surface area (Å²) in [6, 6.07) is 0. The van der Waals surface area contributed by atoms with Crippen LogP contribution in [0.2, 0.25) is 0 Å². The van der Waals surface area contributed by atoms with Gasteiger partial charge < -0.3 is 14.4 Å². The number of ether oxygens (including phenoxy) is 2. The van der Waals surface area contributed by atoms with Crippen molar-refractivity contribution in [1.29, 1.82) is 0 Å². The van der Waals surface area contributed by atoms with Crippen LogP contribution in [0.5, 0.6) is 0 Å². The number of likely N-dealkylation sites (tertiary alicyclic amines) is 1. The second-order valence-corrected chi connectivity index (χ2v) is 4.81. The zero-order valence-electron chi connectivity index (χ0n) is 12.2. The Balaban J connectivity index is 2.50. The Morgan fingerprint density at radius 3 is 2.58 bits per heavy atom. The molecule has 0 bridgehead atoms. The van der Waals surface area contributed by atoms with E-state index in [1.54, 1.807) is 11.8 Å². The Labute approximate surface area is 115 Å². The molecule has 0 saturated carbocycles. The highest BCUT2D eigenvalue weighted by Gasteiger charge is 2.34. The van der Waals surface area contributed by atoms with Crippen molar-refractivity contribution in [3.63, 3.8) is 0 Å². The summed E-state index contributed by atoms with van der Waals surface area (Å²) in [5.41, 5.74) is 0. The predicted octanol–water partition coefficient (Wildman–Crippen LogP) is 1.46. The van der Waals surface area contributed by atoms with E-state index in [0.717, 1.165) is 6.42 Å². The lowest BCUT2D eigenvalue weighted by Crippen LogP contribution is -2.38. The minimum atomic E-state index is -0.647. The smallest absolute Gasteiger partial charge is 0.318 e. The van der Waals surface area contributed by atoms with Crippen LogP contribution in [-0.4, -0.2) is 49.7 Å². The highest BCUT2D eigenvalue weighted by molar-refractivity contribution is 5.97. The Hall–Kier alpha value is -1.10.